The van der Waals surface area contributed by atoms with Crippen molar-refractivity contribution in [1.29, 1.82) is 5.26 Å². The van der Waals surface area contributed by atoms with Crippen LogP contribution in [-0.4, -0.2) is 5.78 Å². The number of ketones is 1. The Bertz CT molecular complexity index is 738. The van der Waals surface area contributed by atoms with Gasteiger partial charge in [-0.3, -0.25) is 4.79 Å². The van der Waals surface area contributed by atoms with Crippen LogP contribution in [0.2, 0.25) is 5.02 Å². The summed E-state index contributed by atoms with van der Waals surface area (Å²) < 4.78 is 27.1. The highest BCUT2D eigenvalue weighted by Gasteiger charge is 2.24. The van der Waals surface area contributed by atoms with Crippen LogP contribution in [0.1, 0.15) is 21.8 Å². The molecule has 0 spiro atoms. The first-order chi connectivity index (χ1) is 9.92. The fourth-order valence-corrected chi connectivity index (χ4v) is 2.64. The third-order valence-electron chi connectivity index (χ3n) is 2.81. The summed E-state index contributed by atoms with van der Waals surface area (Å²) in [7, 11) is 0. The molecule has 0 bridgehead atoms. The molecule has 2 aromatic carbocycles. The first-order valence-electron chi connectivity index (χ1n) is 5.77. The fraction of sp³-hybridized carbons (Fsp3) is 0.0667. The minimum absolute atomic E-state index is 0.0426. The Morgan fingerprint density at radius 2 is 1.81 bits per heavy atom. The van der Waals surface area contributed by atoms with E-state index in [1.807, 2.05) is 0 Å². The number of halogens is 4. The monoisotopic (exact) mass is 369 g/mol. The highest BCUT2D eigenvalue weighted by Crippen LogP contribution is 2.28. The van der Waals surface area contributed by atoms with Crippen LogP contribution in [-0.2, 0) is 0 Å². The largest absolute Gasteiger partial charge is 0.292 e. The van der Waals surface area contributed by atoms with Gasteiger partial charge in [0.1, 0.15) is 17.6 Å². The summed E-state index contributed by atoms with van der Waals surface area (Å²) in [6, 6.07) is 8.91. The van der Waals surface area contributed by atoms with Gasteiger partial charge >= 0.3 is 0 Å². The maximum absolute atomic E-state index is 13.2. The Morgan fingerprint density at radius 1 is 1.19 bits per heavy atom. The van der Waals surface area contributed by atoms with E-state index in [0.717, 1.165) is 12.1 Å². The average molecular weight is 371 g/mol. The molecule has 0 amide bonds. The zero-order chi connectivity index (χ0) is 15.6. The van der Waals surface area contributed by atoms with Gasteiger partial charge in [-0.15, -0.1) is 0 Å². The number of nitriles is 1. The maximum atomic E-state index is 13.2. The Balaban J connectivity index is 2.46. The molecule has 2 nitrogen and oxygen atoms in total. The molecule has 0 heterocycles. The number of carbonyl (C=O) groups is 1. The van der Waals surface area contributed by atoms with Gasteiger partial charge in [-0.05, 0) is 35.9 Å². The lowest BCUT2D eigenvalue weighted by molar-refractivity contribution is 0.0979. The van der Waals surface area contributed by atoms with Crippen LogP contribution in [0.5, 0.6) is 0 Å². The summed E-state index contributed by atoms with van der Waals surface area (Å²) in [6.45, 7) is 0. The van der Waals surface area contributed by atoms with Gasteiger partial charge in [0.05, 0.1) is 11.1 Å². The van der Waals surface area contributed by atoms with Gasteiger partial charge in [-0.2, -0.15) is 5.26 Å². The maximum Gasteiger partial charge on any atom is 0.185 e. The van der Waals surface area contributed by atoms with Crippen molar-refractivity contribution < 1.29 is 13.6 Å². The third-order valence-corrected chi connectivity index (χ3v) is 3.61. The Morgan fingerprint density at radius 3 is 2.33 bits per heavy atom. The molecule has 0 saturated carbocycles. The summed E-state index contributed by atoms with van der Waals surface area (Å²) in [5.41, 5.74) is 0.0788. The standard InChI is InChI=1S/C15H7BrClF2NO/c16-9-1-2-12(14(17)5-9)15(21)13(7-20)8-3-10(18)6-11(19)4-8/h1-6,13H. The zero-order valence-corrected chi connectivity index (χ0v) is 12.8. The normalized spacial score (nSPS) is 11.8. The van der Waals surface area contributed by atoms with Crippen LogP contribution in [0.4, 0.5) is 8.78 Å². The van der Waals surface area contributed by atoms with Crippen molar-refractivity contribution in [2.75, 3.05) is 0 Å². The number of carbonyl (C=O) groups excluding carboxylic acids is 1. The molecule has 0 saturated heterocycles. The van der Waals surface area contributed by atoms with Gasteiger partial charge in [-0.25, -0.2) is 8.78 Å². The minimum Gasteiger partial charge on any atom is -0.292 e. The van der Waals surface area contributed by atoms with Crippen molar-refractivity contribution in [2.24, 2.45) is 0 Å². The smallest absolute Gasteiger partial charge is 0.185 e. The van der Waals surface area contributed by atoms with Crippen LogP contribution >= 0.6 is 27.5 Å². The highest BCUT2D eigenvalue weighted by molar-refractivity contribution is 9.10. The Labute approximate surface area is 133 Å². The van der Waals surface area contributed by atoms with E-state index in [2.05, 4.69) is 15.9 Å². The molecule has 0 fully saturated rings. The molecule has 0 radical (unpaired) electrons. The van der Waals surface area contributed by atoms with E-state index in [1.54, 1.807) is 12.1 Å². The van der Waals surface area contributed by atoms with Crippen LogP contribution in [0.3, 0.4) is 0 Å². The number of Topliss-reactive ketones (excluding diaryl/α,β-unsaturated/α-hetero) is 1. The van der Waals surface area contributed by atoms with Gasteiger partial charge < -0.3 is 0 Å². The highest BCUT2D eigenvalue weighted by atomic mass is 79.9. The van der Waals surface area contributed by atoms with E-state index < -0.39 is 23.3 Å². The summed E-state index contributed by atoms with van der Waals surface area (Å²) in [5, 5.41) is 9.33. The van der Waals surface area contributed by atoms with Gasteiger partial charge in [0.2, 0.25) is 0 Å². The van der Waals surface area contributed by atoms with E-state index in [-0.39, 0.29) is 16.1 Å². The van der Waals surface area contributed by atoms with E-state index in [9.17, 15) is 18.8 Å². The predicted octanol–water partition coefficient (Wildman–Crippen LogP) is 4.87. The summed E-state index contributed by atoms with van der Waals surface area (Å²) >= 11 is 9.17. The number of hydrogen-bond acceptors (Lipinski definition) is 2. The molecular weight excluding hydrogens is 364 g/mol. The number of benzene rings is 2. The molecule has 0 aliphatic heterocycles. The number of hydrogen-bond donors (Lipinski definition) is 0. The lowest BCUT2D eigenvalue weighted by Gasteiger charge is -2.10. The molecule has 1 unspecified atom stereocenters. The molecule has 1 atom stereocenters. The summed E-state index contributed by atoms with van der Waals surface area (Å²) in [6.07, 6.45) is 0. The zero-order valence-electron chi connectivity index (χ0n) is 10.4. The molecule has 21 heavy (non-hydrogen) atoms. The van der Waals surface area contributed by atoms with Crippen LogP contribution in [0.15, 0.2) is 40.9 Å². The number of nitrogens with zero attached hydrogens (tertiary/aromatic N) is 1. The second kappa shape index (κ2) is 6.33. The van der Waals surface area contributed by atoms with E-state index in [0.29, 0.717) is 10.5 Å². The van der Waals surface area contributed by atoms with Crippen LogP contribution in [0.25, 0.3) is 0 Å². The van der Waals surface area contributed by atoms with E-state index in [1.165, 1.54) is 12.1 Å². The minimum atomic E-state index is -1.33. The molecular formula is C15H7BrClF2NO. The average Bonchev–Trinajstić information content (AvgIpc) is 2.38. The lowest BCUT2D eigenvalue weighted by Crippen LogP contribution is -2.12. The quantitative estimate of drug-likeness (QED) is 0.723. The third kappa shape index (κ3) is 3.46. The van der Waals surface area contributed by atoms with Crippen molar-refractivity contribution in [3.05, 3.63) is 68.7 Å². The van der Waals surface area contributed by atoms with Crippen molar-refractivity contribution in [3.8, 4) is 6.07 Å². The second-order valence-electron chi connectivity index (χ2n) is 4.25. The van der Waals surface area contributed by atoms with Gasteiger partial charge in [0.25, 0.3) is 0 Å². The Hall–Kier alpha value is -1.77. The molecule has 2 aromatic rings. The summed E-state index contributed by atoms with van der Waals surface area (Å²) in [5.74, 6) is -3.63. The lowest BCUT2D eigenvalue weighted by atomic mass is 9.91. The first-order valence-corrected chi connectivity index (χ1v) is 6.94. The fourth-order valence-electron chi connectivity index (χ4n) is 1.87. The molecule has 0 aliphatic rings. The van der Waals surface area contributed by atoms with E-state index >= 15 is 0 Å². The van der Waals surface area contributed by atoms with Gasteiger partial charge in [-0.1, -0.05) is 27.5 Å². The van der Waals surface area contributed by atoms with Crippen molar-refractivity contribution in [3.63, 3.8) is 0 Å². The first kappa shape index (κ1) is 15.6. The van der Waals surface area contributed by atoms with Crippen molar-refractivity contribution >= 4 is 33.3 Å². The van der Waals surface area contributed by atoms with E-state index in [4.69, 9.17) is 11.6 Å². The Kier molecular flexibility index (Phi) is 4.71. The van der Waals surface area contributed by atoms with Crippen LogP contribution < -0.4 is 0 Å². The molecule has 106 valence electrons. The number of rotatable bonds is 3. The molecule has 6 heteroatoms. The van der Waals surface area contributed by atoms with Gasteiger partial charge in [0, 0.05) is 16.1 Å². The molecule has 0 aliphatic carbocycles. The second-order valence-corrected chi connectivity index (χ2v) is 5.58. The van der Waals surface area contributed by atoms with Crippen LogP contribution in [0, 0.1) is 23.0 Å². The predicted molar refractivity (Wildman–Crippen MR) is 78.2 cm³/mol. The molecule has 0 N–H and O–H groups in total. The van der Waals surface area contributed by atoms with Gasteiger partial charge in [0.15, 0.2) is 5.78 Å². The molecule has 0 aromatic heterocycles. The SMILES string of the molecule is N#CC(C(=O)c1ccc(Br)cc1Cl)c1cc(F)cc(F)c1. The topological polar surface area (TPSA) is 40.9 Å². The summed E-state index contributed by atoms with van der Waals surface area (Å²) in [4.78, 5) is 12.4. The van der Waals surface area contributed by atoms with Crippen molar-refractivity contribution in [2.45, 2.75) is 5.92 Å². The van der Waals surface area contributed by atoms with Crippen molar-refractivity contribution in [1.82, 2.24) is 0 Å². The molecule has 2 rings (SSSR count).